The number of piperidine rings is 1. The van der Waals surface area contributed by atoms with E-state index in [2.05, 4.69) is 10.6 Å². The number of amides is 3. The first kappa shape index (κ1) is 20.2. The molecule has 2 aliphatic rings. The Bertz CT molecular complexity index is 727. The number of carbonyl (C=O) groups is 3. The molecule has 0 atom stereocenters. The summed E-state index contributed by atoms with van der Waals surface area (Å²) in [5, 5.41) is 5.75. The van der Waals surface area contributed by atoms with E-state index in [1.165, 1.54) is 0 Å². The Morgan fingerprint density at radius 1 is 1.00 bits per heavy atom. The molecule has 1 saturated carbocycles. The number of likely N-dealkylation sites (tertiary alicyclic amines) is 1. The van der Waals surface area contributed by atoms with Crippen LogP contribution in [0.5, 0.6) is 0 Å². The van der Waals surface area contributed by atoms with Crippen molar-refractivity contribution in [2.75, 3.05) is 18.4 Å². The summed E-state index contributed by atoms with van der Waals surface area (Å²) in [5.74, 6) is 0.348. The largest absolute Gasteiger partial charge is 0.444 e. The molecule has 28 heavy (non-hydrogen) atoms. The van der Waals surface area contributed by atoms with Crippen LogP contribution in [0.15, 0.2) is 24.3 Å². The van der Waals surface area contributed by atoms with Crippen molar-refractivity contribution in [2.45, 2.75) is 58.1 Å². The van der Waals surface area contributed by atoms with Crippen LogP contribution in [0.4, 0.5) is 10.5 Å². The molecule has 2 fully saturated rings. The number of rotatable bonds is 4. The van der Waals surface area contributed by atoms with E-state index in [4.69, 9.17) is 4.74 Å². The molecule has 152 valence electrons. The van der Waals surface area contributed by atoms with Crippen LogP contribution in [-0.2, 0) is 9.53 Å². The van der Waals surface area contributed by atoms with Crippen LogP contribution in [0.2, 0.25) is 0 Å². The average molecular weight is 387 g/mol. The number of hydrogen-bond donors (Lipinski definition) is 2. The molecule has 7 heteroatoms. The van der Waals surface area contributed by atoms with Crippen LogP contribution in [0.3, 0.4) is 0 Å². The number of nitrogens with one attached hydrogen (secondary N) is 2. The van der Waals surface area contributed by atoms with Crippen LogP contribution >= 0.6 is 0 Å². The fourth-order valence-electron chi connectivity index (χ4n) is 3.19. The molecule has 0 radical (unpaired) electrons. The summed E-state index contributed by atoms with van der Waals surface area (Å²) >= 11 is 0. The third-order valence-corrected chi connectivity index (χ3v) is 4.85. The number of anilines is 1. The molecule has 1 heterocycles. The summed E-state index contributed by atoms with van der Waals surface area (Å²) in [6, 6.07) is 6.96. The number of hydrogen-bond acceptors (Lipinski definition) is 4. The third-order valence-electron chi connectivity index (χ3n) is 4.85. The van der Waals surface area contributed by atoms with Crippen LogP contribution in [0.1, 0.15) is 56.8 Å². The van der Waals surface area contributed by atoms with Gasteiger partial charge in [-0.05, 0) is 70.7 Å². The topological polar surface area (TPSA) is 87.7 Å². The van der Waals surface area contributed by atoms with Crippen molar-refractivity contribution in [3.63, 3.8) is 0 Å². The van der Waals surface area contributed by atoms with Gasteiger partial charge in [0, 0.05) is 36.3 Å². The SMILES string of the molecule is CC(C)(C)OC(=O)Nc1ccc(C(=O)N2CCC(NC(=O)C3CC3)CC2)cc1. The van der Waals surface area contributed by atoms with E-state index in [-0.39, 0.29) is 23.8 Å². The highest BCUT2D eigenvalue weighted by Crippen LogP contribution is 2.29. The first-order valence-corrected chi connectivity index (χ1v) is 9.91. The highest BCUT2D eigenvalue weighted by Gasteiger charge is 2.32. The lowest BCUT2D eigenvalue weighted by Crippen LogP contribution is -2.46. The maximum atomic E-state index is 12.7. The Morgan fingerprint density at radius 2 is 1.61 bits per heavy atom. The second-order valence-electron chi connectivity index (χ2n) is 8.55. The first-order chi connectivity index (χ1) is 13.2. The maximum absolute atomic E-state index is 12.7. The van der Waals surface area contributed by atoms with Crippen molar-refractivity contribution >= 4 is 23.6 Å². The van der Waals surface area contributed by atoms with E-state index in [1.54, 1.807) is 45.0 Å². The van der Waals surface area contributed by atoms with Crippen LogP contribution < -0.4 is 10.6 Å². The summed E-state index contributed by atoms with van der Waals surface area (Å²) in [7, 11) is 0. The van der Waals surface area contributed by atoms with E-state index < -0.39 is 11.7 Å². The first-order valence-electron chi connectivity index (χ1n) is 9.91. The van der Waals surface area contributed by atoms with E-state index in [0.717, 1.165) is 25.7 Å². The van der Waals surface area contributed by atoms with E-state index in [0.29, 0.717) is 24.3 Å². The summed E-state index contributed by atoms with van der Waals surface area (Å²) in [4.78, 5) is 38.2. The van der Waals surface area contributed by atoms with Crippen LogP contribution in [0, 0.1) is 5.92 Å². The zero-order valence-corrected chi connectivity index (χ0v) is 16.8. The lowest BCUT2D eigenvalue weighted by molar-refractivity contribution is -0.123. The molecule has 1 aliphatic heterocycles. The molecule has 3 rings (SSSR count). The van der Waals surface area contributed by atoms with Crippen molar-refractivity contribution in [3.05, 3.63) is 29.8 Å². The van der Waals surface area contributed by atoms with Crippen molar-refractivity contribution in [1.82, 2.24) is 10.2 Å². The number of ether oxygens (including phenoxy) is 1. The summed E-state index contributed by atoms with van der Waals surface area (Å²) < 4.78 is 5.22. The number of benzene rings is 1. The van der Waals surface area contributed by atoms with Gasteiger partial charge in [-0.1, -0.05) is 0 Å². The van der Waals surface area contributed by atoms with Crippen molar-refractivity contribution in [3.8, 4) is 0 Å². The molecule has 3 amide bonds. The minimum absolute atomic E-state index is 0.0317. The van der Waals surface area contributed by atoms with Gasteiger partial charge in [0.25, 0.3) is 5.91 Å². The lowest BCUT2D eigenvalue weighted by atomic mass is 10.0. The van der Waals surface area contributed by atoms with Crippen molar-refractivity contribution in [2.24, 2.45) is 5.92 Å². The molecule has 1 aliphatic carbocycles. The predicted molar refractivity (Wildman–Crippen MR) is 106 cm³/mol. The van der Waals surface area contributed by atoms with E-state index >= 15 is 0 Å². The Kier molecular flexibility index (Phi) is 5.91. The van der Waals surface area contributed by atoms with Gasteiger partial charge in [0.15, 0.2) is 0 Å². The summed E-state index contributed by atoms with van der Waals surface area (Å²) in [6.45, 7) is 6.66. The second kappa shape index (κ2) is 8.20. The third kappa shape index (κ3) is 5.71. The molecule has 2 N–H and O–H groups in total. The quantitative estimate of drug-likeness (QED) is 0.831. The van der Waals surface area contributed by atoms with Crippen LogP contribution in [-0.4, -0.2) is 47.5 Å². The molecule has 0 aromatic heterocycles. The van der Waals surface area contributed by atoms with E-state index in [9.17, 15) is 14.4 Å². The fourth-order valence-corrected chi connectivity index (χ4v) is 3.19. The predicted octanol–water partition coefficient (Wildman–Crippen LogP) is 3.16. The molecule has 0 spiro atoms. The van der Waals surface area contributed by atoms with Gasteiger partial charge in [0.2, 0.25) is 5.91 Å². The molecule has 1 aromatic carbocycles. The molecular weight excluding hydrogens is 358 g/mol. The Balaban J connectivity index is 1.48. The highest BCUT2D eigenvalue weighted by molar-refractivity contribution is 5.95. The molecule has 0 unspecified atom stereocenters. The minimum Gasteiger partial charge on any atom is -0.444 e. The van der Waals surface area contributed by atoms with Gasteiger partial charge in [0.1, 0.15) is 5.60 Å². The molecule has 7 nitrogen and oxygen atoms in total. The van der Waals surface area contributed by atoms with Crippen LogP contribution in [0.25, 0.3) is 0 Å². The zero-order valence-electron chi connectivity index (χ0n) is 16.8. The van der Waals surface area contributed by atoms with Gasteiger partial charge in [-0.2, -0.15) is 0 Å². The monoisotopic (exact) mass is 387 g/mol. The zero-order chi connectivity index (χ0) is 20.3. The van der Waals surface area contributed by atoms with Gasteiger partial charge < -0.3 is 15.0 Å². The molecule has 1 aromatic rings. The van der Waals surface area contributed by atoms with Gasteiger partial charge in [0.05, 0.1) is 0 Å². The van der Waals surface area contributed by atoms with Crippen molar-refractivity contribution in [1.29, 1.82) is 0 Å². The Labute approximate surface area is 165 Å². The minimum atomic E-state index is -0.565. The summed E-state index contributed by atoms with van der Waals surface area (Å²) in [6.07, 6.45) is 3.04. The Morgan fingerprint density at radius 3 is 2.14 bits per heavy atom. The number of carbonyl (C=O) groups excluding carboxylic acids is 3. The van der Waals surface area contributed by atoms with Gasteiger partial charge in [-0.3, -0.25) is 14.9 Å². The van der Waals surface area contributed by atoms with Gasteiger partial charge in [-0.15, -0.1) is 0 Å². The van der Waals surface area contributed by atoms with Gasteiger partial charge >= 0.3 is 6.09 Å². The van der Waals surface area contributed by atoms with E-state index in [1.807, 2.05) is 4.90 Å². The maximum Gasteiger partial charge on any atom is 0.412 e. The molecular formula is C21H29N3O4. The highest BCUT2D eigenvalue weighted by atomic mass is 16.6. The fraction of sp³-hybridized carbons (Fsp3) is 0.571. The number of nitrogens with zero attached hydrogens (tertiary/aromatic N) is 1. The Hall–Kier alpha value is -2.57. The molecule has 1 saturated heterocycles. The second-order valence-corrected chi connectivity index (χ2v) is 8.55. The van der Waals surface area contributed by atoms with Gasteiger partial charge in [-0.25, -0.2) is 4.79 Å². The summed E-state index contributed by atoms with van der Waals surface area (Å²) in [5.41, 5.74) is 0.590. The lowest BCUT2D eigenvalue weighted by Gasteiger charge is -2.32. The molecule has 0 bridgehead atoms. The average Bonchev–Trinajstić information content (AvgIpc) is 3.46. The standard InChI is InChI=1S/C21H29N3O4/c1-21(2,3)28-20(27)23-16-8-6-15(7-9-16)19(26)24-12-10-17(11-13-24)22-18(25)14-4-5-14/h6-9,14,17H,4-5,10-13H2,1-3H3,(H,22,25)(H,23,27). The van der Waals surface area contributed by atoms with Crippen molar-refractivity contribution < 1.29 is 19.1 Å². The normalized spacial score (nSPS) is 17.8. The smallest absolute Gasteiger partial charge is 0.412 e.